The summed E-state index contributed by atoms with van der Waals surface area (Å²) in [5, 5.41) is 5.63. The molecule has 0 aromatic rings. The van der Waals surface area contributed by atoms with Crippen molar-refractivity contribution in [2.45, 2.75) is 25.9 Å². The lowest BCUT2D eigenvalue weighted by Gasteiger charge is -2.27. The molecule has 1 saturated heterocycles. The van der Waals surface area contributed by atoms with E-state index in [1.54, 1.807) is 6.92 Å². The van der Waals surface area contributed by atoms with Gasteiger partial charge in [-0.3, -0.25) is 4.79 Å². The largest absolute Gasteiger partial charge is 0.367 e. The zero-order valence-corrected chi connectivity index (χ0v) is 6.79. The molecule has 1 amide bonds. The summed E-state index contributed by atoms with van der Waals surface area (Å²) in [5.74, 6) is 0.0149. The Morgan fingerprint density at radius 1 is 1.30 bits per heavy atom. The quantitative estimate of drug-likeness (QED) is 0.480. The van der Waals surface area contributed by atoms with Gasteiger partial charge in [0.15, 0.2) is 0 Å². The van der Waals surface area contributed by atoms with Gasteiger partial charge in [0, 0.05) is 0 Å². The molecule has 1 rings (SSSR count). The predicted octanol–water partition coefficient (Wildman–Crippen LogP) is -0.190. The average molecular weight is 158 g/mol. The highest BCUT2D eigenvalue weighted by molar-refractivity contribution is 7.80. The summed E-state index contributed by atoms with van der Waals surface area (Å²) in [4.78, 5) is 11.6. The van der Waals surface area contributed by atoms with Gasteiger partial charge in [-0.25, -0.2) is 0 Å². The van der Waals surface area contributed by atoms with Gasteiger partial charge >= 0.3 is 0 Å². The summed E-state index contributed by atoms with van der Waals surface area (Å²) >= 11 is 4.93. The van der Waals surface area contributed by atoms with Crippen LogP contribution >= 0.6 is 12.2 Å². The first-order valence-corrected chi connectivity index (χ1v) is 3.63. The van der Waals surface area contributed by atoms with Gasteiger partial charge in [-0.15, -0.1) is 0 Å². The van der Waals surface area contributed by atoms with Crippen LogP contribution in [0.5, 0.6) is 0 Å². The second kappa shape index (κ2) is 2.54. The van der Waals surface area contributed by atoms with E-state index < -0.39 is 0 Å². The summed E-state index contributed by atoms with van der Waals surface area (Å²) < 4.78 is 0. The fourth-order valence-corrected chi connectivity index (χ4v) is 1.04. The van der Waals surface area contributed by atoms with Crippen molar-refractivity contribution in [1.29, 1.82) is 0 Å². The highest BCUT2D eigenvalue weighted by Crippen LogP contribution is 1.96. The fraction of sp³-hybridized carbons (Fsp3) is 0.667. The molecule has 56 valence electrons. The molecule has 0 aromatic heterocycles. The molecule has 0 saturated carbocycles. The van der Waals surface area contributed by atoms with Gasteiger partial charge in [0.1, 0.15) is 6.04 Å². The number of rotatable bonds is 0. The van der Waals surface area contributed by atoms with Crippen molar-refractivity contribution < 1.29 is 4.79 Å². The van der Waals surface area contributed by atoms with Gasteiger partial charge in [0.25, 0.3) is 0 Å². The molecule has 10 heavy (non-hydrogen) atoms. The van der Waals surface area contributed by atoms with Crippen molar-refractivity contribution >= 4 is 23.1 Å². The van der Waals surface area contributed by atoms with E-state index in [1.165, 1.54) is 0 Å². The Bertz CT molecular complexity index is 161. The third kappa shape index (κ3) is 1.26. The molecule has 0 radical (unpaired) electrons. The number of carbonyl (C=O) groups excluding carboxylic acids is 1. The Morgan fingerprint density at radius 2 is 1.90 bits per heavy atom. The van der Waals surface area contributed by atoms with Crippen LogP contribution in [-0.2, 0) is 4.79 Å². The van der Waals surface area contributed by atoms with Crippen LogP contribution in [0.4, 0.5) is 0 Å². The van der Waals surface area contributed by atoms with E-state index in [9.17, 15) is 4.79 Å². The van der Waals surface area contributed by atoms with Gasteiger partial charge in [-0.05, 0) is 13.8 Å². The van der Waals surface area contributed by atoms with Crippen molar-refractivity contribution in [2.24, 2.45) is 0 Å². The van der Waals surface area contributed by atoms with Gasteiger partial charge in [0.05, 0.1) is 11.0 Å². The molecule has 0 aromatic carbocycles. The first-order chi connectivity index (χ1) is 4.61. The van der Waals surface area contributed by atoms with Gasteiger partial charge in [-0.2, -0.15) is 0 Å². The number of hydrogen-bond acceptors (Lipinski definition) is 2. The highest BCUT2D eigenvalue weighted by Gasteiger charge is 2.24. The smallest absolute Gasteiger partial charge is 0.242 e. The molecular weight excluding hydrogens is 148 g/mol. The monoisotopic (exact) mass is 158 g/mol. The van der Waals surface area contributed by atoms with E-state index in [-0.39, 0.29) is 18.0 Å². The lowest BCUT2D eigenvalue weighted by atomic mass is 10.2. The third-order valence-corrected chi connectivity index (χ3v) is 1.98. The van der Waals surface area contributed by atoms with Crippen LogP contribution in [0.3, 0.4) is 0 Å². The van der Waals surface area contributed by atoms with Crippen molar-refractivity contribution in [3.8, 4) is 0 Å². The number of hydrogen-bond donors (Lipinski definition) is 2. The van der Waals surface area contributed by atoms with Crippen LogP contribution in [0.2, 0.25) is 0 Å². The Hall–Kier alpha value is -0.640. The summed E-state index contributed by atoms with van der Waals surface area (Å²) in [6.07, 6.45) is 0. The van der Waals surface area contributed by atoms with Gasteiger partial charge in [0.2, 0.25) is 5.91 Å². The fourth-order valence-electron chi connectivity index (χ4n) is 0.808. The van der Waals surface area contributed by atoms with Crippen LogP contribution in [0.25, 0.3) is 0 Å². The van der Waals surface area contributed by atoms with Crippen molar-refractivity contribution in [1.82, 2.24) is 10.6 Å². The Labute approximate surface area is 65.2 Å². The van der Waals surface area contributed by atoms with E-state index in [1.807, 2.05) is 6.92 Å². The first kappa shape index (κ1) is 7.47. The molecule has 2 N–H and O–H groups in total. The molecule has 0 bridgehead atoms. The SMILES string of the molecule is C[C@@H]1NC(=S)[C@H](C)NC1=O. The molecule has 1 aliphatic heterocycles. The summed E-state index contributed by atoms with van der Waals surface area (Å²) in [6.45, 7) is 3.65. The van der Waals surface area contributed by atoms with Crippen molar-refractivity contribution in [3.63, 3.8) is 0 Å². The van der Waals surface area contributed by atoms with Crippen LogP contribution in [0.15, 0.2) is 0 Å². The summed E-state index contributed by atoms with van der Waals surface area (Å²) in [7, 11) is 0. The maximum absolute atomic E-state index is 10.9. The topological polar surface area (TPSA) is 41.1 Å². The molecule has 0 spiro atoms. The van der Waals surface area contributed by atoms with Crippen LogP contribution in [0.1, 0.15) is 13.8 Å². The first-order valence-electron chi connectivity index (χ1n) is 3.22. The van der Waals surface area contributed by atoms with Crippen LogP contribution < -0.4 is 10.6 Å². The molecular formula is C6H10N2OS. The number of thiocarbonyl (C=S) groups is 1. The molecule has 3 nitrogen and oxygen atoms in total. The summed E-state index contributed by atoms with van der Waals surface area (Å²) in [5.41, 5.74) is 0. The molecule has 1 fully saturated rings. The summed E-state index contributed by atoms with van der Waals surface area (Å²) in [6, 6.07) is -0.192. The Morgan fingerprint density at radius 3 is 2.40 bits per heavy atom. The number of carbonyl (C=O) groups is 1. The zero-order valence-electron chi connectivity index (χ0n) is 5.97. The Kier molecular flexibility index (Phi) is 1.89. The van der Waals surface area contributed by atoms with Crippen LogP contribution in [-0.4, -0.2) is 23.0 Å². The molecule has 4 heteroatoms. The molecule has 0 unspecified atom stereocenters. The number of nitrogens with one attached hydrogen (secondary N) is 2. The second-order valence-corrected chi connectivity index (χ2v) is 2.90. The zero-order chi connectivity index (χ0) is 7.72. The van der Waals surface area contributed by atoms with E-state index in [0.717, 1.165) is 0 Å². The normalized spacial score (nSPS) is 33.0. The van der Waals surface area contributed by atoms with E-state index in [2.05, 4.69) is 10.6 Å². The van der Waals surface area contributed by atoms with Crippen LogP contribution in [0, 0.1) is 0 Å². The Balaban J connectivity index is 2.63. The molecule has 0 aliphatic carbocycles. The van der Waals surface area contributed by atoms with Crippen molar-refractivity contribution in [2.75, 3.05) is 0 Å². The number of amides is 1. The minimum atomic E-state index is -0.177. The predicted molar refractivity (Wildman–Crippen MR) is 42.8 cm³/mol. The minimum Gasteiger partial charge on any atom is -0.367 e. The lowest BCUT2D eigenvalue weighted by Crippen LogP contribution is -2.58. The van der Waals surface area contributed by atoms with E-state index >= 15 is 0 Å². The lowest BCUT2D eigenvalue weighted by molar-refractivity contribution is -0.123. The van der Waals surface area contributed by atoms with E-state index in [4.69, 9.17) is 12.2 Å². The van der Waals surface area contributed by atoms with Crippen molar-refractivity contribution in [3.05, 3.63) is 0 Å². The maximum Gasteiger partial charge on any atom is 0.242 e. The minimum absolute atomic E-state index is 0.0149. The third-order valence-electron chi connectivity index (χ3n) is 1.50. The maximum atomic E-state index is 10.9. The molecule has 1 heterocycles. The molecule has 2 atom stereocenters. The second-order valence-electron chi connectivity index (χ2n) is 2.46. The van der Waals surface area contributed by atoms with Gasteiger partial charge in [-0.1, -0.05) is 12.2 Å². The van der Waals surface area contributed by atoms with Gasteiger partial charge < -0.3 is 10.6 Å². The number of piperazine rings is 1. The standard InChI is InChI=1S/C6H10N2OS/c1-3-5(9)7-4(2)6(10)8-3/h3-4H,1-2H3,(H,7,9)(H,8,10)/t3-,4-/m0/s1. The average Bonchev–Trinajstić information content (AvgIpc) is 1.84. The highest BCUT2D eigenvalue weighted by atomic mass is 32.1. The molecule has 1 aliphatic rings. The van der Waals surface area contributed by atoms with E-state index in [0.29, 0.717) is 4.99 Å².